The maximum absolute atomic E-state index is 11.6. The molecule has 0 radical (unpaired) electrons. The number of hydrogen-bond acceptors (Lipinski definition) is 5. The lowest BCUT2D eigenvalue weighted by atomic mass is 10.1. The molecule has 1 rings (SSSR count). The van der Waals surface area contributed by atoms with Crippen LogP contribution in [0.5, 0.6) is 0 Å². The summed E-state index contributed by atoms with van der Waals surface area (Å²) in [6.45, 7) is 1.47. The number of aryl methyl sites for hydroxylation is 1. The molecule has 0 fully saturated rings. The summed E-state index contributed by atoms with van der Waals surface area (Å²) in [6.07, 6.45) is 0.852. The zero-order valence-corrected chi connectivity index (χ0v) is 12.7. The predicted molar refractivity (Wildman–Crippen MR) is 77.4 cm³/mol. The monoisotopic (exact) mass is 317 g/mol. The molecule has 0 aromatic heterocycles. The van der Waals surface area contributed by atoms with Crippen molar-refractivity contribution in [1.82, 2.24) is 0 Å². The molecule has 0 saturated heterocycles. The van der Waals surface area contributed by atoms with Crippen LogP contribution in [-0.2, 0) is 19.9 Å². The Labute approximate surface area is 118 Å². The van der Waals surface area contributed by atoms with Crippen LogP contribution in [0.25, 0.3) is 0 Å². The molecule has 20 heavy (non-hydrogen) atoms. The fraction of sp³-hybridized carbons (Fsp3) is 0.333. The number of benzene rings is 1. The number of nitrogens with one attached hydrogen (secondary N) is 1. The largest absolute Gasteiger partial charge is 0.384 e. The zero-order valence-electron chi connectivity index (χ0n) is 11.0. The van der Waals surface area contributed by atoms with Gasteiger partial charge in [-0.1, -0.05) is 11.8 Å². The molecular formula is C12H15NO5S2. The van der Waals surface area contributed by atoms with Gasteiger partial charge in [0, 0.05) is 17.5 Å². The van der Waals surface area contributed by atoms with Gasteiger partial charge in [0.1, 0.15) is 6.61 Å². The number of sulfone groups is 1. The Balaban J connectivity index is 2.98. The van der Waals surface area contributed by atoms with E-state index in [1.807, 2.05) is 0 Å². The molecule has 0 unspecified atom stereocenters. The predicted octanol–water partition coefficient (Wildman–Crippen LogP) is 0.0826. The molecule has 0 aliphatic heterocycles. The molecule has 0 heterocycles. The smallest absolute Gasteiger partial charge is 0.247 e. The van der Waals surface area contributed by atoms with E-state index in [0.29, 0.717) is 11.1 Å². The standard InChI is InChI=1S/C12H15NO5S2/c1-10-8-12(6-5-11(10)4-3-7-14)13-20(17,18)9-19(2,15)16/h5-6,8,13-14H,7,9H2,1-2H3. The van der Waals surface area contributed by atoms with Gasteiger partial charge in [-0.3, -0.25) is 4.72 Å². The first kappa shape index (κ1) is 16.5. The molecule has 0 bridgehead atoms. The maximum Gasteiger partial charge on any atom is 0.247 e. The average Bonchev–Trinajstić information content (AvgIpc) is 2.23. The van der Waals surface area contributed by atoms with Gasteiger partial charge in [-0.25, -0.2) is 16.8 Å². The molecule has 0 spiro atoms. The van der Waals surface area contributed by atoms with E-state index in [0.717, 1.165) is 6.26 Å². The average molecular weight is 317 g/mol. The van der Waals surface area contributed by atoms with E-state index in [1.54, 1.807) is 19.1 Å². The van der Waals surface area contributed by atoms with Crippen LogP contribution < -0.4 is 4.72 Å². The van der Waals surface area contributed by atoms with Gasteiger partial charge in [0.05, 0.1) is 0 Å². The number of aliphatic hydroxyl groups excluding tert-OH is 1. The van der Waals surface area contributed by atoms with E-state index in [4.69, 9.17) is 5.11 Å². The zero-order chi connectivity index (χ0) is 15.4. The Morgan fingerprint density at radius 3 is 2.40 bits per heavy atom. The minimum Gasteiger partial charge on any atom is -0.384 e. The summed E-state index contributed by atoms with van der Waals surface area (Å²) >= 11 is 0. The van der Waals surface area contributed by atoms with Crippen LogP contribution in [-0.4, -0.2) is 39.9 Å². The number of sulfonamides is 1. The molecule has 0 aliphatic rings. The summed E-state index contributed by atoms with van der Waals surface area (Å²) < 4.78 is 47.5. The SMILES string of the molecule is Cc1cc(NS(=O)(=O)CS(C)(=O)=O)ccc1C#CCO. The third-order valence-corrected chi connectivity index (χ3v) is 5.67. The lowest BCUT2D eigenvalue weighted by molar-refractivity contribution is 0.350. The first-order valence-corrected chi connectivity index (χ1v) is 9.23. The van der Waals surface area contributed by atoms with E-state index < -0.39 is 24.9 Å². The van der Waals surface area contributed by atoms with Crippen molar-refractivity contribution in [1.29, 1.82) is 0 Å². The number of aliphatic hydroxyl groups is 1. The van der Waals surface area contributed by atoms with Gasteiger partial charge in [0.2, 0.25) is 10.0 Å². The maximum atomic E-state index is 11.6. The van der Waals surface area contributed by atoms with Crippen LogP contribution in [0, 0.1) is 18.8 Å². The van der Waals surface area contributed by atoms with E-state index in [-0.39, 0.29) is 12.3 Å². The summed E-state index contributed by atoms with van der Waals surface area (Å²) in [5.41, 5.74) is 1.64. The molecule has 6 nitrogen and oxygen atoms in total. The van der Waals surface area contributed by atoms with E-state index in [1.165, 1.54) is 6.07 Å². The molecule has 2 N–H and O–H groups in total. The van der Waals surface area contributed by atoms with Gasteiger partial charge in [-0.15, -0.1) is 0 Å². The molecule has 0 amide bonds. The molecule has 1 aromatic rings. The van der Waals surface area contributed by atoms with Gasteiger partial charge >= 0.3 is 0 Å². The molecule has 0 aliphatic carbocycles. The van der Waals surface area contributed by atoms with Crippen molar-refractivity contribution in [3.63, 3.8) is 0 Å². The van der Waals surface area contributed by atoms with E-state index in [9.17, 15) is 16.8 Å². The summed E-state index contributed by atoms with van der Waals surface area (Å²) in [5.74, 6) is 5.21. The molecule has 110 valence electrons. The normalized spacial score (nSPS) is 11.6. The molecular weight excluding hydrogens is 302 g/mol. The highest BCUT2D eigenvalue weighted by atomic mass is 32.3. The highest BCUT2D eigenvalue weighted by molar-refractivity contribution is 8.08. The van der Waals surface area contributed by atoms with Crippen molar-refractivity contribution in [3.8, 4) is 11.8 Å². The molecule has 0 atom stereocenters. The Hall–Kier alpha value is -1.56. The van der Waals surface area contributed by atoms with Crippen LogP contribution in [0.2, 0.25) is 0 Å². The second-order valence-electron chi connectivity index (χ2n) is 4.25. The minimum absolute atomic E-state index is 0.262. The van der Waals surface area contributed by atoms with Crippen molar-refractivity contribution in [2.24, 2.45) is 0 Å². The van der Waals surface area contributed by atoms with Crippen LogP contribution in [0.15, 0.2) is 18.2 Å². The quantitative estimate of drug-likeness (QED) is 0.766. The van der Waals surface area contributed by atoms with Crippen molar-refractivity contribution >= 4 is 25.5 Å². The second kappa shape index (κ2) is 6.26. The Morgan fingerprint density at radius 1 is 1.25 bits per heavy atom. The molecule has 1 aromatic carbocycles. The van der Waals surface area contributed by atoms with Crippen molar-refractivity contribution in [3.05, 3.63) is 29.3 Å². The first-order chi connectivity index (χ1) is 9.13. The summed E-state index contributed by atoms with van der Waals surface area (Å²) in [4.78, 5) is 0. The lowest BCUT2D eigenvalue weighted by Crippen LogP contribution is -2.22. The molecule has 8 heteroatoms. The Morgan fingerprint density at radius 2 is 1.90 bits per heavy atom. The van der Waals surface area contributed by atoms with Gasteiger partial charge in [0.25, 0.3) is 0 Å². The molecule has 0 saturated carbocycles. The van der Waals surface area contributed by atoms with E-state index in [2.05, 4.69) is 16.6 Å². The highest BCUT2D eigenvalue weighted by Crippen LogP contribution is 2.16. The van der Waals surface area contributed by atoms with Gasteiger partial charge in [0.15, 0.2) is 14.9 Å². The Kier molecular flexibility index (Phi) is 5.16. The lowest BCUT2D eigenvalue weighted by Gasteiger charge is -2.08. The number of rotatable bonds is 4. The van der Waals surface area contributed by atoms with Crippen LogP contribution in [0.3, 0.4) is 0 Å². The van der Waals surface area contributed by atoms with Crippen molar-refractivity contribution in [2.75, 3.05) is 22.7 Å². The van der Waals surface area contributed by atoms with Crippen LogP contribution in [0.1, 0.15) is 11.1 Å². The highest BCUT2D eigenvalue weighted by Gasteiger charge is 2.18. The summed E-state index contributed by atoms with van der Waals surface area (Å²) in [7, 11) is -7.59. The topological polar surface area (TPSA) is 101 Å². The van der Waals surface area contributed by atoms with Crippen LogP contribution >= 0.6 is 0 Å². The van der Waals surface area contributed by atoms with Crippen molar-refractivity contribution < 1.29 is 21.9 Å². The summed E-state index contributed by atoms with van der Waals surface area (Å²) in [5, 5.41) is 7.64. The van der Waals surface area contributed by atoms with E-state index >= 15 is 0 Å². The fourth-order valence-corrected chi connectivity index (χ4v) is 4.47. The third-order valence-electron chi connectivity index (χ3n) is 2.17. The minimum atomic E-state index is -3.95. The summed E-state index contributed by atoms with van der Waals surface area (Å²) in [6, 6.07) is 4.62. The number of hydrogen-bond donors (Lipinski definition) is 2. The first-order valence-electron chi connectivity index (χ1n) is 5.51. The fourth-order valence-electron chi connectivity index (χ4n) is 1.49. The van der Waals surface area contributed by atoms with Gasteiger partial charge in [-0.05, 0) is 30.7 Å². The van der Waals surface area contributed by atoms with Crippen LogP contribution in [0.4, 0.5) is 5.69 Å². The Bertz CT molecular complexity index is 755. The van der Waals surface area contributed by atoms with Crippen molar-refractivity contribution in [2.45, 2.75) is 6.92 Å². The second-order valence-corrected chi connectivity index (χ2v) is 8.48. The van der Waals surface area contributed by atoms with Gasteiger partial charge < -0.3 is 5.11 Å². The van der Waals surface area contributed by atoms with Gasteiger partial charge in [-0.2, -0.15) is 0 Å². The third kappa shape index (κ3) is 5.61. The number of anilines is 1.